The number of hydrogen-bond acceptors (Lipinski definition) is 3. The first kappa shape index (κ1) is 15.2. The molecule has 3 nitrogen and oxygen atoms in total. The normalized spacial score (nSPS) is 14.4. The fourth-order valence-corrected chi connectivity index (χ4v) is 1.76. The maximum atomic E-state index is 9.97. The molecule has 0 aliphatic carbocycles. The molecule has 0 aromatic heterocycles. The monoisotopic (exact) mass is 251 g/mol. The maximum Gasteiger partial charge on any atom is 0.0975 e. The summed E-state index contributed by atoms with van der Waals surface area (Å²) >= 11 is 0. The van der Waals surface area contributed by atoms with Gasteiger partial charge >= 0.3 is 0 Å². The van der Waals surface area contributed by atoms with Crippen LogP contribution in [0.4, 0.5) is 0 Å². The molecule has 3 heteroatoms. The Bertz CT molecular complexity index is 312. The number of hydrogen-bond donors (Lipinski definition) is 2. The quantitative estimate of drug-likeness (QED) is 0.660. The van der Waals surface area contributed by atoms with E-state index in [1.54, 1.807) is 6.92 Å². The van der Waals surface area contributed by atoms with E-state index >= 15 is 0 Å². The first-order valence-corrected chi connectivity index (χ1v) is 6.69. The Kier molecular flexibility index (Phi) is 6.94. The van der Waals surface area contributed by atoms with Crippen molar-refractivity contribution >= 4 is 0 Å². The third kappa shape index (κ3) is 6.74. The second-order valence-electron chi connectivity index (χ2n) is 4.92. The number of ether oxygens (including phenoxy) is 1. The van der Waals surface area contributed by atoms with E-state index in [2.05, 4.69) is 29.6 Å². The topological polar surface area (TPSA) is 41.5 Å². The molecule has 0 heterocycles. The van der Waals surface area contributed by atoms with Crippen LogP contribution in [0.5, 0.6) is 0 Å². The van der Waals surface area contributed by atoms with E-state index in [0.29, 0.717) is 19.8 Å². The molecule has 0 radical (unpaired) electrons. The lowest BCUT2D eigenvalue weighted by Crippen LogP contribution is -2.41. The molecule has 0 fully saturated rings. The molecule has 2 N–H and O–H groups in total. The van der Waals surface area contributed by atoms with E-state index in [1.807, 2.05) is 13.0 Å². The molecular weight excluding hydrogens is 226 g/mol. The van der Waals surface area contributed by atoms with E-state index in [9.17, 15) is 5.11 Å². The van der Waals surface area contributed by atoms with Crippen LogP contribution < -0.4 is 5.32 Å². The zero-order chi connectivity index (χ0) is 13.3. The van der Waals surface area contributed by atoms with E-state index in [4.69, 9.17) is 4.74 Å². The van der Waals surface area contributed by atoms with Gasteiger partial charge in [0.25, 0.3) is 0 Å². The lowest BCUT2D eigenvalue weighted by molar-refractivity contribution is -0.0324. The largest absolute Gasteiger partial charge is 0.386 e. The predicted molar refractivity (Wildman–Crippen MR) is 74.7 cm³/mol. The molecule has 0 bridgehead atoms. The maximum absolute atomic E-state index is 9.97. The molecule has 0 aliphatic heterocycles. The Morgan fingerprint density at radius 3 is 2.67 bits per heavy atom. The van der Waals surface area contributed by atoms with Crippen LogP contribution in [-0.4, -0.2) is 37.0 Å². The molecular formula is C15H25NO2. The average molecular weight is 251 g/mol. The summed E-state index contributed by atoms with van der Waals surface area (Å²) in [6.07, 6.45) is 2.01. The van der Waals surface area contributed by atoms with E-state index in [1.165, 1.54) is 5.56 Å². The lowest BCUT2D eigenvalue weighted by atomic mass is 10.1. The number of likely N-dealkylation sites (N-methyl/N-ethyl adjacent to an activating group) is 1. The van der Waals surface area contributed by atoms with Crippen LogP contribution in [0, 0.1) is 0 Å². The van der Waals surface area contributed by atoms with Crippen LogP contribution in [0.2, 0.25) is 0 Å². The number of benzene rings is 1. The van der Waals surface area contributed by atoms with Crippen LogP contribution in [0.3, 0.4) is 0 Å². The Hall–Kier alpha value is -0.900. The van der Waals surface area contributed by atoms with Gasteiger partial charge in [-0.15, -0.1) is 0 Å². The number of aryl methyl sites for hydroxylation is 1. The summed E-state index contributed by atoms with van der Waals surface area (Å²) in [5.41, 5.74) is 0.559. The van der Waals surface area contributed by atoms with Gasteiger partial charge in [0.05, 0.1) is 12.2 Å². The highest BCUT2D eigenvalue weighted by atomic mass is 16.5. The Morgan fingerprint density at radius 1 is 1.28 bits per heavy atom. The van der Waals surface area contributed by atoms with Gasteiger partial charge in [0.2, 0.25) is 0 Å². The molecule has 102 valence electrons. The third-order valence-corrected chi connectivity index (χ3v) is 2.77. The molecule has 0 amide bonds. The standard InChI is InChI=1S/C15H25NO2/c1-3-16-12-15(2,17)13-18-11-7-10-14-8-5-4-6-9-14/h4-6,8-9,16-17H,3,7,10-13H2,1-2H3. The van der Waals surface area contributed by atoms with Gasteiger partial charge in [-0.1, -0.05) is 37.3 Å². The summed E-state index contributed by atoms with van der Waals surface area (Å²) < 4.78 is 5.53. The van der Waals surface area contributed by atoms with E-state index < -0.39 is 5.60 Å². The van der Waals surface area contributed by atoms with Gasteiger partial charge in [-0.25, -0.2) is 0 Å². The van der Waals surface area contributed by atoms with Crippen LogP contribution >= 0.6 is 0 Å². The van der Waals surface area contributed by atoms with Gasteiger partial charge in [0.1, 0.15) is 0 Å². The minimum Gasteiger partial charge on any atom is -0.386 e. The van der Waals surface area contributed by atoms with Crippen LogP contribution in [0.15, 0.2) is 30.3 Å². The molecule has 0 spiro atoms. The van der Waals surface area contributed by atoms with Crippen molar-refractivity contribution in [1.29, 1.82) is 0 Å². The second-order valence-corrected chi connectivity index (χ2v) is 4.92. The molecule has 0 aliphatic rings. The fourth-order valence-electron chi connectivity index (χ4n) is 1.76. The second kappa shape index (κ2) is 8.25. The molecule has 1 aromatic carbocycles. The molecule has 1 rings (SSSR count). The molecule has 1 aromatic rings. The summed E-state index contributed by atoms with van der Waals surface area (Å²) in [6.45, 7) is 6.34. The van der Waals surface area contributed by atoms with Gasteiger partial charge in [0.15, 0.2) is 0 Å². The number of aliphatic hydroxyl groups is 1. The highest BCUT2D eigenvalue weighted by Crippen LogP contribution is 2.05. The van der Waals surface area contributed by atoms with Crippen molar-refractivity contribution in [2.45, 2.75) is 32.3 Å². The van der Waals surface area contributed by atoms with Gasteiger partial charge in [0, 0.05) is 13.2 Å². The summed E-state index contributed by atoms with van der Waals surface area (Å²) in [6, 6.07) is 10.4. The lowest BCUT2D eigenvalue weighted by Gasteiger charge is -2.23. The van der Waals surface area contributed by atoms with Crippen molar-refractivity contribution in [3.05, 3.63) is 35.9 Å². The van der Waals surface area contributed by atoms with Crippen molar-refractivity contribution in [3.63, 3.8) is 0 Å². The van der Waals surface area contributed by atoms with Crippen LogP contribution in [-0.2, 0) is 11.2 Å². The molecule has 18 heavy (non-hydrogen) atoms. The van der Waals surface area contributed by atoms with Crippen molar-refractivity contribution in [3.8, 4) is 0 Å². The Labute approximate surface area is 110 Å². The molecule has 0 saturated carbocycles. The Balaban J connectivity index is 2.08. The minimum absolute atomic E-state index is 0.384. The van der Waals surface area contributed by atoms with Crippen molar-refractivity contribution < 1.29 is 9.84 Å². The highest BCUT2D eigenvalue weighted by molar-refractivity contribution is 5.14. The summed E-state index contributed by atoms with van der Waals surface area (Å²) in [5, 5.41) is 13.1. The zero-order valence-electron chi connectivity index (χ0n) is 11.5. The van der Waals surface area contributed by atoms with Crippen molar-refractivity contribution in [2.24, 2.45) is 0 Å². The third-order valence-electron chi connectivity index (χ3n) is 2.77. The Morgan fingerprint density at radius 2 is 2.00 bits per heavy atom. The molecule has 1 unspecified atom stereocenters. The van der Waals surface area contributed by atoms with E-state index in [-0.39, 0.29) is 0 Å². The minimum atomic E-state index is -0.775. The first-order chi connectivity index (χ1) is 8.64. The predicted octanol–water partition coefficient (Wildman–Crippen LogP) is 2.00. The molecule has 0 saturated heterocycles. The number of rotatable bonds is 9. The van der Waals surface area contributed by atoms with Crippen LogP contribution in [0.25, 0.3) is 0 Å². The first-order valence-electron chi connectivity index (χ1n) is 6.69. The molecule has 1 atom stereocenters. The highest BCUT2D eigenvalue weighted by Gasteiger charge is 2.19. The summed E-state index contributed by atoms with van der Waals surface area (Å²) in [5.74, 6) is 0. The van der Waals surface area contributed by atoms with E-state index in [0.717, 1.165) is 19.4 Å². The summed E-state index contributed by atoms with van der Waals surface area (Å²) in [7, 11) is 0. The zero-order valence-corrected chi connectivity index (χ0v) is 11.5. The van der Waals surface area contributed by atoms with Crippen molar-refractivity contribution in [1.82, 2.24) is 5.32 Å². The smallest absolute Gasteiger partial charge is 0.0975 e. The fraction of sp³-hybridized carbons (Fsp3) is 0.600. The van der Waals surface area contributed by atoms with Gasteiger partial charge in [-0.3, -0.25) is 0 Å². The summed E-state index contributed by atoms with van der Waals surface area (Å²) in [4.78, 5) is 0. The van der Waals surface area contributed by atoms with Gasteiger partial charge in [-0.05, 0) is 31.9 Å². The van der Waals surface area contributed by atoms with Crippen molar-refractivity contribution in [2.75, 3.05) is 26.3 Å². The average Bonchev–Trinajstić information content (AvgIpc) is 2.37. The van der Waals surface area contributed by atoms with Gasteiger partial charge < -0.3 is 15.2 Å². The number of nitrogens with one attached hydrogen (secondary N) is 1. The van der Waals surface area contributed by atoms with Crippen LogP contribution in [0.1, 0.15) is 25.8 Å². The van der Waals surface area contributed by atoms with Gasteiger partial charge in [-0.2, -0.15) is 0 Å². The SMILES string of the molecule is CCNCC(C)(O)COCCCc1ccccc1.